The van der Waals surface area contributed by atoms with Crippen LogP contribution in [-0.4, -0.2) is 40.7 Å². The predicted octanol–water partition coefficient (Wildman–Crippen LogP) is 1.25. The van der Waals surface area contributed by atoms with Gasteiger partial charge in [0.15, 0.2) is 0 Å². The summed E-state index contributed by atoms with van der Waals surface area (Å²) in [6.07, 6.45) is 0. The molecule has 0 saturated heterocycles. The maximum absolute atomic E-state index is 12.4. The van der Waals surface area contributed by atoms with Crippen LogP contribution in [0, 0.1) is 12.8 Å². The summed E-state index contributed by atoms with van der Waals surface area (Å²) >= 11 is 3.91. The molecule has 0 aliphatic carbocycles. The average molecular weight is 338 g/mol. The van der Waals surface area contributed by atoms with Gasteiger partial charge in [-0.1, -0.05) is 32.0 Å². The SMILES string of the molecule is Cc1ccccc1C(=O)N[C@H](C(=O)N[C@H](CS)C(=O)O)C(C)C. The van der Waals surface area contributed by atoms with Crippen molar-refractivity contribution in [2.45, 2.75) is 32.9 Å². The van der Waals surface area contributed by atoms with E-state index in [0.29, 0.717) is 5.56 Å². The van der Waals surface area contributed by atoms with E-state index in [1.54, 1.807) is 39.0 Å². The Balaban J connectivity index is 2.87. The van der Waals surface area contributed by atoms with Gasteiger partial charge in [-0.3, -0.25) is 9.59 Å². The summed E-state index contributed by atoms with van der Waals surface area (Å²) in [7, 11) is 0. The summed E-state index contributed by atoms with van der Waals surface area (Å²) in [4.78, 5) is 35.6. The Hall–Kier alpha value is -2.02. The lowest BCUT2D eigenvalue weighted by molar-refractivity contribution is -0.141. The maximum Gasteiger partial charge on any atom is 0.327 e. The molecule has 2 atom stereocenters. The van der Waals surface area contributed by atoms with E-state index in [9.17, 15) is 14.4 Å². The van der Waals surface area contributed by atoms with Crippen molar-refractivity contribution < 1.29 is 19.5 Å². The quantitative estimate of drug-likeness (QED) is 0.563. The lowest BCUT2D eigenvalue weighted by Crippen LogP contribution is -2.54. The van der Waals surface area contributed by atoms with Gasteiger partial charge in [0.1, 0.15) is 12.1 Å². The van der Waals surface area contributed by atoms with Gasteiger partial charge in [-0.25, -0.2) is 4.79 Å². The molecular formula is C16H22N2O4S. The molecule has 0 aromatic heterocycles. The molecule has 126 valence electrons. The first-order valence-corrected chi connectivity index (χ1v) is 7.91. The summed E-state index contributed by atoms with van der Waals surface area (Å²) in [5.74, 6) is -2.30. The Morgan fingerprint density at radius 2 is 1.78 bits per heavy atom. The molecule has 0 radical (unpaired) electrons. The van der Waals surface area contributed by atoms with Gasteiger partial charge in [-0.05, 0) is 24.5 Å². The van der Waals surface area contributed by atoms with Crippen molar-refractivity contribution in [2.75, 3.05) is 5.75 Å². The van der Waals surface area contributed by atoms with E-state index in [0.717, 1.165) is 5.56 Å². The van der Waals surface area contributed by atoms with Crippen LogP contribution >= 0.6 is 12.6 Å². The van der Waals surface area contributed by atoms with Gasteiger partial charge in [0.05, 0.1) is 0 Å². The van der Waals surface area contributed by atoms with Crippen molar-refractivity contribution in [2.24, 2.45) is 5.92 Å². The smallest absolute Gasteiger partial charge is 0.327 e. The van der Waals surface area contributed by atoms with E-state index < -0.39 is 24.0 Å². The second kappa shape index (κ2) is 8.57. The third kappa shape index (κ3) is 5.28. The Morgan fingerprint density at radius 3 is 2.26 bits per heavy atom. The van der Waals surface area contributed by atoms with Crippen LogP contribution in [0.25, 0.3) is 0 Å². The fourth-order valence-electron chi connectivity index (χ4n) is 2.03. The molecule has 23 heavy (non-hydrogen) atoms. The molecule has 0 aliphatic rings. The van der Waals surface area contributed by atoms with Gasteiger partial charge in [0, 0.05) is 11.3 Å². The van der Waals surface area contributed by atoms with E-state index in [1.807, 2.05) is 6.07 Å². The van der Waals surface area contributed by atoms with Crippen LogP contribution in [0.15, 0.2) is 24.3 Å². The van der Waals surface area contributed by atoms with Gasteiger partial charge in [0.2, 0.25) is 5.91 Å². The van der Waals surface area contributed by atoms with Crippen molar-refractivity contribution in [1.29, 1.82) is 0 Å². The highest BCUT2D eigenvalue weighted by Crippen LogP contribution is 2.09. The fraction of sp³-hybridized carbons (Fsp3) is 0.438. The van der Waals surface area contributed by atoms with Crippen molar-refractivity contribution >= 4 is 30.4 Å². The molecule has 0 aliphatic heterocycles. The van der Waals surface area contributed by atoms with Gasteiger partial charge in [-0.2, -0.15) is 12.6 Å². The number of aliphatic carboxylic acids is 1. The molecule has 0 heterocycles. The molecule has 0 saturated carbocycles. The summed E-state index contributed by atoms with van der Waals surface area (Å²) in [6.45, 7) is 5.36. The van der Waals surface area contributed by atoms with Gasteiger partial charge in [0.25, 0.3) is 5.91 Å². The molecule has 7 heteroatoms. The number of aryl methyl sites for hydroxylation is 1. The normalized spacial score (nSPS) is 13.3. The Bertz CT molecular complexity index is 589. The number of carboxylic acid groups (broad SMARTS) is 1. The van der Waals surface area contributed by atoms with Crippen molar-refractivity contribution in [1.82, 2.24) is 10.6 Å². The number of rotatable bonds is 7. The zero-order valence-corrected chi connectivity index (χ0v) is 14.3. The van der Waals surface area contributed by atoms with E-state index in [4.69, 9.17) is 5.11 Å². The number of benzene rings is 1. The highest BCUT2D eigenvalue weighted by atomic mass is 32.1. The Morgan fingerprint density at radius 1 is 1.17 bits per heavy atom. The molecule has 0 bridgehead atoms. The summed E-state index contributed by atoms with van der Waals surface area (Å²) in [5, 5.41) is 14.1. The van der Waals surface area contributed by atoms with Crippen LogP contribution in [0.4, 0.5) is 0 Å². The average Bonchev–Trinajstić information content (AvgIpc) is 2.49. The standard InChI is InChI=1S/C16H22N2O4S/c1-9(2)13(15(20)17-12(8-23)16(21)22)18-14(19)11-7-5-4-6-10(11)3/h4-7,9,12-13,23H,8H2,1-3H3,(H,17,20)(H,18,19)(H,21,22)/t12-,13+/m1/s1. The van der Waals surface area contributed by atoms with Crippen LogP contribution < -0.4 is 10.6 Å². The molecule has 1 rings (SSSR count). The number of hydrogen-bond acceptors (Lipinski definition) is 4. The van der Waals surface area contributed by atoms with Crippen molar-refractivity contribution in [3.05, 3.63) is 35.4 Å². The first-order valence-electron chi connectivity index (χ1n) is 7.28. The zero-order valence-electron chi connectivity index (χ0n) is 13.4. The van der Waals surface area contributed by atoms with Crippen LogP contribution in [0.3, 0.4) is 0 Å². The van der Waals surface area contributed by atoms with Crippen LogP contribution in [0.5, 0.6) is 0 Å². The van der Waals surface area contributed by atoms with E-state index >= 15 is 0 Å². The van der Waals surface area contributed by atoms with Crippen molar-refractivity contribution in [3.63, 3.8) is 0 Å². The number of thiol groups is 1. The van der Waals surface area contributed by atoms with Crippen LogP contribution in [-0.2, 0) is 9.59 Å². The minimum absolute atomic E-state index is 0.0301. The summed E-state index contributed by atoms with van der Waals surface area (Å²) < 4.78 is 0. The van der Waals surface area contributed by atoms with Crippen LogP contribution in [0.1, 0.15) is 29.8 Å². The summed E-state index contributed by atoms with van der Waals surface area (Å²) in [6, 6.07) is 5.12. The molecule has 1 aromatic carbocycles. The van der Waals surface area contributed by atoms with Gasteiger partial charge in [-0.15, -0.1) is 0 Å². The fourth-order valence-corrected chi connectivity index (χ4v) is 2.28. The minimum Gasteiger partial charge on any atom is -0.480 e. The molecule has 1 aromatic rings. The topological polar surface area (TPSA) is 95.5 Å². The number of carbonyl (C=O) groups is 3. The number of hydrogen-bond donors (Lipinski definition) is 4. The zero-order chi connectivity index (χ0) is 17.6. The highest BCUT2D eigenvalue weighted by Gasteiger charge is 2.28. The molecule has 0 fully saturated rings. The largest absolute Gasteiger partial charge is 0.480 e. The Kier molecular flexibility index (Phi) is 7.09. The first kappa shape index (κ1) is 19.0. The molecule has 6 nitrogen and oxygen atoms in total. The summed E-state index contributed by atoms with van der Waals surface area (Å²) in [5.41, 5.74) is 1.28. The molecule has 3 N–H and O–H groups in total. The highest BCUT2D eigenvalue weighted by molar-refractivity contribution is 7.80. The lowest BCUT2D eigenvalue weighted by Gasteiger charge is -2.23. The van der Waals surface area contributed by atoms with E-state index in [2.05, 4.69) is 23.3 Å². The molecular weight excluding hydrogens is 316 g/mol. The number of amides is 2. The molecule has 0 spiro atoms. The first-order chi connectivity index (χ1) is 10.8. The Labute approximate surface area is 141 Å². The number of carboxylic acids is 1. The monoisotopic (exact) mass is 338 g/mol. The third-order valence-electron chi connectivity index (χ3n) is 3.42. The lowest BCUT2D eigenvalue weighted by atomic mass is 10.0. The molecule has 2 amide bonds. The van der Waals surface area contributed by atoms with E-state index in [1.165, 1.54) is 0 Å². The van der Waals surface area contributed by atoms with Crippen molar-refractivity contribution in [3.8, 4) is 0 Å². The second-order valence-electron chi connectivity index (χ2n) is 5.59. The number of carbonyl (C=O) groups excluding carboxylic acids is 2. The third-order valence-corrected chi connectivity index (χ3v) is 3.79. The minimum atomic E-state index is -1.17. The number of nitrogens with one attached hydrogen (secondary N) is 2. The van der Waals surface area contributed by atoms with Crippen LogP contribution in [0.2, 0.25) is 0 Å². The second-order valence-corrected chi connectivity index (χ2v) is 5.96. The van der Waals surface area contributed by atoms with Gasteiger partial charge < -0.3 is 15.7 Å². The van der Waals surface area contributed by atoms with Gasteiger partial charge >= 0.3 is 5.97 Å². The maximum atomic E-state index is 12.4. The molecule has 0 unspecified atom stereocenters. The predicted molar refractivity (Wildman–Crippen MR) is 90.7 cm³/mol. The van der Waals surface area contributed by atoms with E-state index in [-0.39, 0.29) is 17.6 Å².